The average Bonchev–Trinajstić information content (AvgIpc) is 3.23. The van der Waals surface area contributed by atoms with Crippen molar-refractivity contribution in [2.75, 3.05) is 0 Å². The van der Waals surface area contributed by atoms with Gasteiger partial charge in [0.2, 0.25) is 5.60 Å². The summed E-state index contributed by atoms with van der Waals surface area (Å²) < 4.78 is 12.3. The lowest BCUT2D eigenvalue weighted by Crippen LogP contribution is -2.33. The molecule has 3 aromatic carbocycles. The SMILES string of the molecule is C1=CC(c2ccccc2)(c2ccco2)Oc2ccc3ccccc3c21. The van der Waals surface area contributed by atoms with Crippen LogP contribution in [0.5, 0.6) is 5.75 Å². The molecule has 0 saturated heterocycles. The lowest BCUT2D eigenvalue weighted by molar-refractivity contribution is 0.133. The minimum atomic E-state index is -0.750. The van der Waals surface area contributed by atoms with Crippen LogP contribution in [0.4, 0.5) is 0 Å². The molecule has 4 aromatic rings. The second-order valence-electron chi connectivity index (χ2n) is 6.21. The Bertz CT molecular complexity index is 1060. The van der Waals surface area contributed by atoms with E-state index in [-0.39, 0.29) is 0 Å². The molecule has 25 heavy (non-hydrogen) atoms. The Hall–Kier alpha value is -3.26. The van der Waals surface area contributed by atoms with E-state index in [1.54, 1.807) is 6.26 Å². The zero-order valence-corrected chi connectivity index (χ0v) is 13.6. The van der Waals surface area contributed by atoms with E-state index in [0.717, 1.165) is 22.6 Å². The number of benzene rings is 3. The summed E-state index contributed by atoms with van der Waals surface area (Å²) >= 11 is 0. The molecule has 0 spiro atoms. The van der Waals surface area contributed by atoms with E-state index in [1.807, 2.05) is 36.4 Å². The van der Waals surface area contributed by atoms with Gasteiger partial charge >= 0.3 is 0 Å². The third-order valence-electron chi connectivity index (χ3n) is 4.78. The van der Waals surface area contributed by atoms with Gasteiger partial charge in [-0.15, -0.1) is 0 Å². The first-order chi connectivity index (χ1) is 12.4. The Labute approximate surface area is 146 Å². The topological polar surface area (TPSA) is 22.4 Å². The van der Waals surface area contributed by atoms with Crippen molar-refractivity contribution in [3.63, 3.8) is 0 Å². The highest BCUT2D eigenvalue weighted by atomic mass is 16.5. The molecular formula is C23H16O2. The summed E-state index contributed by atoms with van der Waals surface area (Å²) in [5, 5.41) is 2.40. The summed E-state index contributed by atoms with van der Waals surface area (Å²) in [5.41, 5.74) is 1.40. The van der Waals surface area contributed by atoms with E-state index in [1.165, 1.54) is 10.8 Å². The molecule has 0 saturated carbocycles. The van der Waals surface area contributed by atoms with Crippen molar-refractivity contribution < 1.29 is 9.15 Å². The maximum Gasteiger partial charge on any atom is 0.210 e. The predicted octanol–water partition coefficient (Wildman–Crippen LogP) is 5.78. The van der Waals surface area contributed by atoms with E-state index in [4.69, 9.17) is 9.15 Å². The molecule has 120 valence electrons. The number of furan rings is 1. The summed E-state index contributed by atoms with van der Waals surface area (Å²) in [7, 11) is 0. The van der Waals surface area contributed by atoms with Gasteiger partial charge in [0.15, 0.2) is 5.76 Å². The van der Waals surface area contributed by atoms with Crippen molar-refractivity contribution in [1.82, 2.24) is 0 Å². The molecule has 0 bridgehead atoms. The molecule has 1 aliphatic rings. The van der Waals surface area contributed by atoms with Gasteiger partial charge in [-0.05, 0) is 41.1 Å². The minimum Gasteiger partial charge on any atom is -0.470 e. The molecule has 0 aliphatic carbocycles. The summed E-state index contributed by atoms with van der Waals surface area (Å²) in [6.07, 6.45) is 5.93. The Morgan fingerprint density at radius 3 is 2.40 bits per heavy atom. The summed E-state index contributed by atoms with van der Waals surface area (Å²) in [6, 6.07) is 26.6. The van der Waals surface area contributed by atoms with E-state index in [0.29, 0.717) is 0 Å². The standard InChI is InChI=1S/C23H16O2/c1-2-8-18(9-3-1)23(22-11-6-16-24-22)15-14-20-19-10-5-4-7-17(19)12-13-21(20)25-23/h1-16H. The normalized spacial score (nSPS) is 18.7. The van der Waals surface area contributed by atoms with Crippen molar-refractivity contribution in [3.05, 3.63) is 108 Å². The van der Waals surface area contributed by atoms with Gasteiger partial charge in [0, 0.05) is 11.1 Å². The maximum absolute atomic E-state index is 6.58. The van der Waals surface area contributed by atoms with Crippen LogP contribution in [0.25, 0.3) is 16.8 Å². The van der Waals surface area contributed by atoms with Crippen LogP contribution in [0.15, 0.2) is 95.6 Å². The van der Waals surface area contributed by atoms with Gasteiger partial charge in [0.1, 0.15) is 5.75 Å². The molecular weight excluding hydrogens is 308 g/mol. The van der Waals surface area contributed by atoms with Crippen LogP contribution in [-0.2, 0) is 5.60 Å². The van der Waals surface area contributed by atoms with Crippen molar-refractivity contribution >= 4 is 16.8 Å². The highest BCUT2D eigenvalue weighted by Crippen LogP contribution is 2.44. The molecule has 1 aromatic heterocycles. The molecule has 1 unspecified atom stereocenters. The van der Waals surface area contributed by atoms with Gasteiger partial charge in [-0.2, -0.15) is 0 Å². The fourth-order valence-electron chi connectivity index (χ4n) is 3.55. The van der Waals surface area contributed by atoms with Crippen molar-refractivity contribution in [1.29, 1.82) is 0 Å². The molecule has 2 heterocycles. The molecule has 0 fully saturated rings. The first kappa shape index (κ1) is 14.1. The van der Waals surface area contributed by atoms with Crippen molar-refractivity contribution in [2.45, 2.75) is 5.60 Å². The first-order valence-electron chi connectivity index (χ1n) is 8.36. The van der Waals surface area contributed by atoms with Crippen LogP contribution >= 0.6 is 0 Å². The van der Waals surface area contributed by atoms with Crippen LogP contribution in [0.3, 0.4) is 0 Å². The lowest BCUT2D eigenvalue weighted by atomic mass is 9.87. The molecule has 2 heteroatoms. The third-order valence-corrected chi connectivity index (χ3v) is 4.78. The third kappa shape index (κ3) is 2.11. The molecule has 0 amide bonds. The zero-order valence-electron chi connectivity index (χ0n) is 13.6. The van der Waals surface area contributed by atoms with Crippen LogP contribution in [-0.4, -0.2) is 0 Å². The second kappa shape index (κ2) is 5.38. The maximum atomic E-state index is 6.58. The molecule has 1 atom stereocenters. The molecule has 2 nitrogen and oxygen atoms in total. The van der Waals surface area contributed by atoms with Crippen LogP contribution in [0.1, 0.15) is 16.9 Å². The van der Waals surface area contributed by atoms with E-state index >= 15 is 0 Å². The quantitative estimate of drug-likeness (QED) is 0.466. The monoisotopic (exact) mass is 324 g/mol. The molecule has 0 N–H and O–H groups in total. The fourth-order valence-corrected chi connectivity index (χ4v) is 3.55. The summed E-state index contributed by atoms with van der Waals surface area (Å²) in [6.45, 7) is 0. The van der Waals surface area contributed by atoms with Gasteiger partial charge in [0.25, 0.3) is 0 Å². The van der Waals surface area contributed by atoms with Crippen LogP contribution < -0.4 is 4.74 Å². The highest BCUT2D eigenvalue weighted by Gasteiger charge is 2.39. The lowest BCUT2D eigenvalue weighted by Gasteiger charge is -2.34. The minimum absolute atomic E-state index is 0.750. The van der Waals surface area contributed by atoms with Crippen LogP contribution in [0, 0.1) is 0 Å². The number of hydrogen-bond donors (Lipinski definition) is 0. The molecule has 0 radical (unpaired) electrons. The Morgan fingerprint density at radius 2 is 1.56 bits per heavy atom. The Balaban J connectivity index is 1.74. The van der Waals surface area contributed by atoms with E-state index < -0.39 is 5.60 Å². The Morgan fingerprint density at radius 1 is 0.720 bits per heavy atom. The van der Waals surface area contributed by atoms with E-state index in [2.05, 4.69) is 54.6 Å². The number of hydrogen-bond acceptors (Lipinski definition) is 2. The number of rotatable bonds is 2. The van der Waals surface area contributed by atoms with Gasteiger partial charge in [0.05, 0.1) is 6.26 Å². The highest BCUT2D eigenvalue weighted by molar-refractivity contribution is 5.93. The predicted molar refractivity (Wildman–Crippen MR) is 99.5 cm³/mol. The average molecular weight is 324 g/mol. The second-order valence-corrected chi connectivity index (χ2v) is 6.21. The van der Waals surface area contributed by atoms with Gasteiger partial charge in [-0.25, -0.2) is 0 Å². The number of ether oxygens (including phenoxy) is 1. The van der Waals surface area contributed by atoms with Crippen molar-refractivity contribution in [3.8, 4) is 5.75 Å². The molecule has 1 aliphatic heterocycles. The van der Waals surface area contributed by atoms with Gasteiger partial charge in [-0.3, -0.25) is 0 Å². The molecule has 5 rings (SSSR count). The fraction of sp³-hybridized carbons (Fsp3) is 0.0435. The Kier molecular flexibility index (Phi) is 3.04. The van der Waals surface area contributed by atoms with Crippen LogP contribution in [0.2, 0.25) is 0 Å². The smallest absolute Gasteiger partial charge is 0.210 e. The summed E-state index contributed by atoms with van der Waals surface area (Å²) in [4.78, 5) is 0. The van der Waals surface area contributed by atoms with Gasteiger partial charge in [-0.1, -0.05) is 60.7 Å². The largest absolute Gasteiger partial charge is 0.470 e. The first-order valence-corrected chi connectivity index (χ1v) is 8.36. The van der Waals surface area contributed by atoms with Crippen molar-refractivity contribution in [2.24, 2.45) is 0 Å². The summed E-state index contributed by atoms with van der Waals surface area (Å²) in [5.74, 6) is 1.63. The van der Waals surface area contributed by atoms with E-state index in [9.17, 15) is 0 Å². The zero-order chi connectivity index (χ0) is 16.7. The number of fused-ring (bicyclic) bond motifs is 3. The van der Waals surface area contributed by atoms with Gasteiger partial charge < -0.3 is 9.15 Å².